The maximum atomic E-state index is 10.1. The summed E-state index contributed by atoms with van der Waals surface area (Å²) in [6.45, 7) is -0.273. The molecule has 0 spiro atoms. The molecule has 2 aliphatic rings. The Balaban J connectivity index is 2.15. The largest absolute Gasteiger partial charge is 0.394 e. The van der Waals surface area contributed by atoms with Crippen molar-refractivity contribution in [1.29, 1.82) is 0 Å². The van der Waals surface area contributed by atoms with E-state index in [1.165, 1.54) is 0 Å². The van der Waals surface area contributed by atoms with Gasteiger partial charge in [0.1, 0.15) is 48.8 Å². The molecule has 0 amide bonds. The third-order valence-corrected chi connectivity index (χ3v) is 4.28. The Morgan fingerprint density at radius 2 is 1.46 bits per heavy atom. The Kier molecular flexibility index (Phi) is 6.16. The summed E-state index contributed by atoms with van der Waals surface area (Å²) in [6.07, 6.45) is -14.0. The van der Waals surface area contributed by atoms with Crippen molar-refractivity contribution in [2.75, 3.05) is 13.2 Å². The molecule has 0 bridgehead atoms. The van der Waals surface area contributed by atoms with Gasteiger partial charge in [-0.15, -0.1) is 0 Å². The van der Waals surface area contributed by atoms with E-state index in [1.807, 2.05) is 0 Å². The van der Waals surface area contributed by atoms with Crippen LogP contribution in [0, 0.1) is 0 Å². The number of hydrogen-bond donors (Lipinski definition) is 8. The first-order valence-corrected chi connectivity index (χ1v) is 7.47. The van der Waals surface area contributed by atoms with Crippen LogP contribution in [0.5, 0.6) is 0 Å². The zero-order valence-corrected chi connectivity index (χ0v) is 12.9. The van der Waals surface area contributed by atoms with E-state index < -0.39 is 74.1 Å². The zero-order valence-electron chi connectivity index (χ0n) is 12.9. The third kappa shape index (κ3) is 3.57. The Hall–Kier alpha value is -0.440. The standard InChI is InChI=1S/C13H24O11/c1-13(21)11(20)9(19)10(5(3-15)24-13)23-12-8(18)7(17)6(16)4(2-14)22-12/h4-12,14-21H,2-3H2,1H3/t4-,5-,6+,7+,8-,9+,10-,11-,12+,13-/m1/s1. The summed E-state index contributed by atoms with van der Waals surface area (Å²) in [5.41, 5.74) is 0. The maximum absolute atomic E-state index is 10.1. The van der Waals surface area contributed by atoms with E-state index in [9.17, 15) is 35.7 Å². The molecular formula is C13H24O11. The van der Waals surface area contributed by atoms with Gasteiger partial charge in [0, 0.05) is 0 Å². The van der Waals surface area contributed by atoms with Crippen LogP contribution in [-0.2, 0) is 14.2 Å². The molecule has 0 unspecified atom stereocenters. The van der Waals surface area contributed by atoms with Crippen LogP contribution in [-0.4, -0.2) is 115 Å². The Bertz CT molecular complexity index is 415. The number of hydrogen-bond acceptors (Lipinski definition) is 11. The van der Waals surface area contributed by atoms with Crippen LogP contribution >= 0.6 is 0 Å². The summed E-state index contributed by atoms with van der Waals surface area (Å²) in [5, 5.41) is 77.7. The van der Waals surface area contributed by atoms with Gasteiger partial charge in [-0.1, -0.05) is 0 Å². The number of rotatable bonds is 4. The van der Waals surface area contributed by atoms with Crippen molar-refractivity contribution in [2.45, 2.75) is 67.8 Å². The topological polar surface area (TPSA) is 190 Å². The monoisotopic (exact) mass is 356 g/mol. The fraction of sp³-hybridized carbons (Fsp3) is 1.00. The zero-order chi connectivity index (χ0) is 18.2. The fourth-order valence-electron chi connectivity index (χ4n) is 2.80. The lowest BCUT2D eigenvalue weighted by Crippen LogP contribution is -2.67. The number of ether oxygens (including phenoxy) is 3. The quantitative estimate of drug-likeness (QED) is 0.241. The van der Waals surface area contributed by atoms with Crippen LogP contribution in [0.2, 0.25) is 0 Å². The number of aliphatic hydroxyl groups is 8. The van der Waals surface area contributed by atoms with E-state index in [4.69, 9.17) is 19.3 Å². The van der Waals surface area contributed by atoms with Gasteiger partial charge in [0.05, 0.1) is 13.2 Å². The first kappa shape index (κ1) is 19.9. The van der Waals surface area contributed by atoms with Crippen LogP contribution in [0.1, 0.15) is 6.92 Å². The number of aliphatic hydroxyl groups excluding tert-OH is 7. The van der Waals surface area contributed by atoms with Crippen LogP contribution in [0.25, 0.3) is 0 Å². The molecule has 11 heteroatoms. The molecule has 0 aliphatic carbocycles. The SMILES string of the molecule is C[C@@]1(O)O[C@H](CO)[C@@H](O[C@@H]2O[C@H](CO)[C@H](O)[C@H](O)[C@H]2O)[C@H](O)[C@H]1O. The molecule has 0 aromatic carbocycles. The van der Waals surface area contributed by atoms with E-state index in [2.05, 4.69) is 0 Å². The van der Waals surface area contributed by atoms with Gasteiger partial charge in [-0.05, 0) is 6.92 Å². The molecule has 2 rings (SSSR count). The molecule has 0 aromatic heterocycles. The molecule has 2 fully saturated rings. The van der Waals surface area contributed by atoms with Gasteiger partial charge in [-0.3, -0.25) is 0 Å². The fourth-order valence-corrected chi connectivity index (χ4v) is 2.80. The molecule has 142 valence electrons. The second kappa shape index (κ2) is 7.43. The second-order valence-corrected chi connectivity index (χ2v) is 6.13. The molecule has 2 aliphatic heterocycles. The highest BCUT2D eigenvalue weighted by molar-refractivity contribution is 4.96. The lowest BCUT2D eigenvalue weighted by Gasteiger charge is -2.48. The molecular weight excluding hydrogens is 332 g/mol. The molecule has 0 radical (unpaired) electrons. The molecule has 10 atom stereocenters. The molecule has 24 heavy (non-hydrogen) atoms. The van der Waals surface area contributed by atoms with Crippen LogP contribution in [0.15, 0.2) is 0 Å². The highest BCUT2D eigenvalue weighted by atomic mass is 16.7. The molecule has 8 N–H and O–H groups in total. The summed E-state index contributed by atoms with van der Waals surface area (Å²) in [5.74, 6) is -2.14. The van der Waals surface area contributed by atoms with E-state index in [0.717, 1.165) is 6.92 Å². The average molecular weight is 356 g/mol. The van der Waals surface area contributed by atoms with Crippen molar-refractivity contribution in [1.82, 2.24) is 0 Å². The van der Waals surface area contributed by atoms with Crippen molar-refractivity contribution in [3.8, 4) is 0 Å². The molecule has 0 aromatic rings. The molecule has 2 saturated heterocycles. The summed E-state index contributed by atoms with van der Waals surface area (Å²) in [4.78, 5) is 0. The van der Waals surface area contributed by atoms with E-state index in [1.54, 1.807) is 0 Å². The van der Waals surface area contributed by atoms with Gasteiger partial charge in [-0.25, -0.2) is 0 Å². The van der Waals surface area contributed by atoms with Gasteiger partial charge in [0.2, 0.25) is 0 Å². The first-order valence-electron chi connectivity index (χ1n) is 7.47. The third-order valence-electron chi connectivity index (χ3n) is 4.28. The van der Waals surface area contributed by atoms with Crippen molar-refractivity contribution in [2.24, 2.45) is 0 Å². The van der Waals surface area contributed by atoms with Crippen molar-refractivity contribution >= 4 is 0 Å². The minimum absolute atomic E-state index is 0.671. The lowest BCUT2D eigenvalue weighted by atomic mass is 9.93. The lowest BCUT2D eigenvalue weighted by molar-refractivity contribution is -0.378. The van der Waals surface area contributed by atoms with E-state index in [-0.39, 0.29) is 0 Å². The van der Waals surface area contributed by atoms with Gasteiger partial charge in [0.15, 0.2) is 12.1 Å². The Labute approximate surface area is 137 Å². The predicted molar refractivity (Wildman–Crippen MR) is 73.2 cm³/mol. The van der Waals surface area contributed by atoms with Gasteiger partial charge >= 0.3 is 0 Å². The van der Waals surface area contributed by atoms with Crippen LogP contribution < -0.4 is 0 Å². The average Bonchev–Trinajstić information content (AvgIpc) is 2.55. The van der Waals surface area contributed by atoms with Crippen LogP contribution in [0.4, 0.5) is 0 Å². The summed E-state index contributed by atoms with van der Waals surface area (Å²) in [7, 11) is 0. The Morgan fingerprint density at radius 3 is 2.00 bits per heavy atom. The molecule has 2 heterocycles. The first-order chi connectivity index (χ1) is 11.1. The van der Waals surface area contributed by atoms with Gasteiger partial charge in [0.25, 0.3) is 0 Å². The normalized spacial score (nSPS) is 53.1. The summed E-state index contributed by atoms with van der Waals surface area (Å²) >= 11 is 0. The van der Waals surface area contributed by atoms with E-state index >= 15 is 0 Å². The summed E-state index contributed by atoms with van der Waals surface area (Å²) < 4.78 is 15.5. The van der Waals surface area contributed by atoms with Gasteiger partial charge < -0.3 is 55.1 Å². The smallest absolute Gasteiger partial charge is 0.192 e. The minimum Gasteiger partial charge on any atom is -0.394 e. The highest BCUT2D eigenvalue weighted by Gasteiger charge is 2.53. The predicted octanol–water partition coefficient (Wildman–Crippen LogP) is -5.01. The maximum Gasteiger partial charge on any atom is 0.192 e. The van der Waals surface area contributed by atoms with E-state index in [0.29, 0.717) is 0 Å². The minimum atomic E-state index is -2.14. The van der Waals surface area contributed by atoms with Crippen LogP contribution in [0.3, 0.4) is 0 Å². The second-order valence-electron chi connectivity index (χ2n) is 6.13. The molecule has 11 nitrogen and oxygen atoms in total. The molecule has 0 saturated carbocycles. The van der Waals surface area contributed by atoms with Crippen molar-refractivity contribution in [3.05, 3.63) is 0 Å². The van der Waals surface area contributed by atoms with Crippen molar-refractivity contribution in [3.63, 3.8) is 0 Å². The van der Waals surface area contributed by atoms with Crippen molar-refractivity contribution < 1.29 is 55.1 Å². The summed E-state index contributed by atoms with van der Waals surface area (Å²) in [6, 6.07) is 0. The Morgan fingerprint density at radius 1 is 0.875 bits per heavy atom. The van der Waals surface area contributed by atoms with Gasteiger partial charge in [-0.2, -0.15) is 0 Å². The highest BCUT2D eigenvalue weighted by Crippen LogP contribution is 2.32.